The van der Waals surface area contributed by atoms with Gasteiger partial charge in [-0.3, -0.25) is 9.59 Å². The number of ether oxygens (including phenoxy) is 1. The van der Waals surface area contributed by atoms with E-state index in [1.807, 2.05) is 54.6 Å². The molecule has 196 valence electrons. The molecule has 7 heteroatoms. The van der Waals surface area contributed by atoms with Crippen molar-refractivity contribution in [2.24, 2.45) is 5.92 Å². The lowest BCUT2D eigenvalue weighted by atomic mass is 9.98. The van der Waals surface area contributed by atoms with Gasteiger partial charge in [-0.15, -0.1) is 0 Å². The molecule has 0 bridgehead atoms. The minimum atomic E-state index is -0.949. The average molecular weight is 513 g/mol. The number of hydrogen-bond donors (Lipinski definition) is 2. The highest BCUT2D eigenvalue weighted by molar-refractivity contribution is 5.82. The van der Waals surface area contributed by atoms with Gasteiger partial charge in [-0.2, -0.15) is 0 Å². The van der Waals surface area contributed by atoms with E-state index in [1.165, 1.54) is 11.1 Å². The molecule has 7 nitrogen and oxygen atoms in total. The van der Waals surface area contributed by atoms with Crippen molar-refractivity contribution in [1.82, 2.24) is 10.2 Å². The van der Waals surface area contributed by atoms with Crippen molar-refractivity contribution in [3.8, 4) is 11.1 Å². The van der Waals surface area contributed by atoms with E-state index in [1.54, 1.807) is 4.90 Å². The topological polar surface area (TPSA) is 95.9 Å². The Morgan fingerprint density at radius 2 is 1.50 bits per heavy atom. The molecular weight excluding hydrogens is 480 g/mol. The number of hydrogen-bond acceptors (Lipinski definition) is 4. The van der Waals surface area contributed by atoms with Crippen LogP contribution >= 0.6 is 0 Å². The zero-order valence-electron chi connectivity index (χ0n) is 21.2. The average Bonchev–Trinajstić information content (AvgIpc) is 3.52. The fraction of sp³-hybridized carbons (Fsp3) is 0.323. The van der Waals surface area contributed by atoms with Crippen LogP contribution in [0.2, 0.25) is 0 Å². The SMILES string of the molecule is O=C(O)CCN(Cc1ccccc1)C(=O)[C@H]1CCC[C@H]1NC(=O)OCC1c2ccccc2-c2ccccc21. The van der Waals surface area contributed by atoms with Crippen molar-refractivity contribution in [2.45, 2.75) is 44.2 Å². The number of carbonyl (C=O) groups excluding carboxylic acids is 2. The van der Waals surface area contributed by atoms with Gasteiger partial charge in [-0.05, 0) is 40.7 Å². The number of rotatable bonds is 9. The molecule has 38 heavy (non-hydrogen) atoms. The van der Waals surface area contributed by atoms with Crippen LogP contribution in [0.5, 0.6) is 0 Å². The van der Waals surface area contributed by atoms with Gasteiger partial charge in [0.05, 0.1) is 12.3 Å². The van der Waals surface area contributed by atoms with Crippen molar-refractivity contribution >= 4 is 18.0 Å². The van der Waals surface area contributed by atoms with Gasteiger partial charge >= 0.3 is 12.1 Å². The second kappa shape index (κ2) is 11.5. The van der Waals surface area contributed by atoms with E-state index in [2.05, 4.69) is 29.6 Å². The minimum absolute atomic E-state index is 0.0356. The highest BCUT2D eigenvalue weighted by Gasteiger charge is 2.37. The summed E-state index contributed by atoms with van der Waals surface area (Å²) in [5.41, 5.74) is 5.55. The summed E-state index contributed by atoms with van der Waals surface area (Å²) in [7, 11) is 0. The van der Waals surface area contributed by atoms with Gasteiger partial charge in [0, 0.05) is 25.0 Å². The van der Waals surface area contributed by atoms with Crippen LogP contribution in [-0.2, 0) is 20.9 Å². The third kappa shape index (κ3) is 5.57. The molecule has 5 rings (SSSR count). The Kier molecular flexibility index (Phi) is 7.73. The molecule has 2 atom stereocenters. The molecule has 0 aliphatic heterocycles. The molecule has 3 aromatic carbocycles. The summed E-state index contributed by atoms with van der Waals surface area (Å²) in [6.07, 6.45) is 1.47. The third-order valence-corrected chi connectivity index (χ3v) is 7.60. The Balaban J connectivity index is 1.23. The molecule has 1 saturated carbocycles. The summed E-state index contributed by atoms with van der Waals surface area (Å²) in [5, 5.41) is 12.1. The maximum atomic E-state index is 13.5. The van der Waals surface area contributed by atoms with Gasteiger partial charge in [0.1, 0.15) is 6.61 Å². The fourth-order valence-electron chi connectivity index (χ4n) is 5.76. The first-order valence-corrected chi connectivity index (χ1v) is 13.2. The first-order chi connectivity index (χ1) is 18.5. The van der Waals surface area contributed by atoms with Crippen LogP contribution < -0.4 is 5.32 Å². The molecule has 2 aliphatic carbocycles. The zero-order valence-corrected chi connectivity index (χ0v) is 21.2. The van der Waals surface area contributed by atoms with E-state index in [0.717, 1.165) is 23.1 Å². The van der Waals surface area contributed by atoms with E-state index in [0.29, 0.717) is 19.4 Å². The normalized spacial score (nSPS) is 17.9. The number of aliphatic carboxylic acids is 1. The molecule has 0 heterocycles. The number of carboxylic acid groups (broad SMARTS) is 1. The van der Waals surface area contributed by atoms with Crippen LogP contribution in [0.25, 0.3) is 11.1 Å². The lowest BCUT2D eigenvalue weighted by Gasteiger charge is -2.28. The zero-order chi connectivity index (χ0) is 26.5. The second-order valence-corrected chi connectivity index (χ2v) is 10.0. The fourth-order valence-corrected chi connectivity index (χ4v) is 5.76. The highest BCUT2D eigenvalue weighted by atomic mass is 16.5. The van der Waals surface area contributed by atoms with E-state index >= 15 is 0 Å². The van der Waals surface area contributed by atoms with Gasteiger partial charge in [-0.1, -0.05) is 85.3 Å². The number of nitrogens with one attached hydrogen (secondary N) is 1. The second-order valence-electron chi connectivity index (χ2n) is 10.0. The Morgan fingerprint density at radius 3 is 2.16 bits per heavy atom. The lowest BCUT2D eigenvalue weighted by molar-refractivity contribution is -0.140. The molecule has 0 aromatic heterocycles. The molecule has 1 fully saturated rings. The summed E-state index contributed by atoms with van der Waals surface area (Å²) in [6, 6.07) is 25.5. The Morgan fingerprint density at radius 1 is 0.868 bits per heavy atom. The molecule has 3 aromatic rings. The van der Waals surface area contributed by atoms with Crippen molar-refractivity contribution in [3.05, 3.63) is 95.6 Å². The van der Waals surface area contributed by atoms with Crippen LogP contribution in [0.4, 0.5) is 4.79 Å². The smallest absolute Gasteiger partial charge is 0.407 e. The number of benzene rings is 3. The van der Waals surface area contributed by atoms with Crippen LogP contribution in [0.3, 0.4) is 0 Å². The number of carbonyl (C=O) groups is 3. The number of carboxylic acids is 1. The predicted octanol–water partition coefficient (Wildman–Crippen LogP) is 5.20. The van der Waals surface area contributed by atoms with Crippen molar-refractivity contribution in [3.63, 3.8) is 0 Å². The van der Waals surface area contributed by atoms with Crippen molar-refractivity contribution in [1.29, 1.82) is 0 Å². The van der Waals surface area contributed by atoms with Crippen molar-refractivity contribution < 1.29 is 24.2 Å². The monoisotopic (exact) mass is 512 g/mol. The van der Waals surface area contributed by atoms with E-state index < -0.39 is 18.0 Å². The standard InChI is InChI=1S/C31H32N2O5/c34-29(35)17-18-33(19-21-9-2-1-3-10-21)30(36)26-15-8-16-28(26)32-31(37)38-20-27-24-13-6-4-11-22(24)23-12-5-7-14-25(23)27/h1-7,9-14,26-28H,8,15-20H2,(H,32,37)(H,34,35)/t26-,28+/m0/s1. The Bertz CT molecular complexity index is 1260. The number of nitrogens with zero attached hydrogens (tertiary/aromatic N) is 1. The van der Waals surface area contributed by atoms with Gasteiger partial charge in [0.2, 0.25) is 5.91 Å². The molecule has 0 saturated heterocycles. The first kappa shape index (κ1) is 25.5. The molecule has 0 radical (unpaired) electrons. The molecule has 2 aliphatic rings. The Labute approximate surface area is 222 Å². The van der Waals surface area contributed by atoms with E-state index in [4.69, 9.17) is 4.74 Å². The highest BCUT2D eigenvalue weighted by Crippen LogP contribution is 2.44. The first-order valence-electron chi connectivity index (χ1n) is 13.2. The summed E-state index contributed by atoms with van der Waals surface area (Å²) >= 11 is 0. The largest absolute Gasteiger partial charge is 0.481 e. The van der Waals surface area contributed by atoms with Gasteiger partial charge in [0.15, 0.2) is 0 Å². The van der Waals surface area contributed by atoms with Crippen molar-refractivity contribution in [2.75, 3.05) is 13.2 Å². The number of alkyl carbamates (subject to hydrolysis) is 1. The summed E-state index contributed by atoms with van der Waals surface area (Å²) in [4.78, 5) is 39.3. The third-order valence-electron chi connectivity index (χ3n) is 7.60. The summed E-state index contributed by atoms with van der Waals surface area (Å²) in [5.74, 6) is -1.52. The quantitative estimate of drug-likeness (QED) is 0.411. The van der Waals surface area contributed by atoms with Gasteiger partial charge in [-0.25, -0.2) is 4.79 Å². The van der Waals surface area contributed by atoms with Crippen LogP contribution in [0.1, 0.15) is 48.3 Å². The maximum Gasteiger partial charge on any atom is 0.407 e. The van der Waals surface area contributed by atoms with Gasteiger partial charge < -0.3 is 20.1 Å². The van der Waals surface area contributed by atoms with Crippen LogP contribution in [0.15, 0.2) is 78.9 Å². The number of fused-ring (bicyclic) bond motifs is 3. The van der Waals surface area contributed by atoms with Gasteiger partial charge in [0.25, 0.3) is 0 Å². The summed E-state index contributed by atoms with van der Waals surface area (Å²) < 4.78 is 5.71. The minimum Gasteiger partial charge on any atom is -0.481 e. The van der Waals surface area contributed by atoms with E-state index in [-0.39, 0.29) is 37.4 Å². The van der Waals surface area contributed by atoms with E-state index in [9.17, 15) is 19.5 Å². The molecule has 0 spiro atoms. The molecule has 2 N–H and O–H groups in total. The lowest BCUT2D eigenvalue weighted by Crippen LogP contribution is -2.46. The molecule has 2 amide bonds. The molecule has 0 unspecified atom stereocenters. The van der Waals surface area contributed by atoms with Crippen LogP contribution in [0, 0.1) is 5.92 Å². The predicted molar refractivity (Wildman–Crippen MR) is 143 cm³/mol. The maximum absolute atomic E-state index is 13.5. The number of amides is 2. The summed E-state index contributed by atoms with van der Waals surface area (Å²) in [6.45, 7) is 0.669. The van der Waals surface area contributed by atoms with Crippen LogP contribution in [-0.4, -0.2) is 47.2 Å². The Hall–Kier alpha value is -4.13. The molecular formula is C31H32N2O5.